The van der Waals surface area contributed by atoms with Gasteiger partial charge < -0.3 is 14.7 Å². The number of carboxylic acid groups (broad SMARTS) is 1. The number of hydrogen-bond acceptors (Lipinski definition) is 3. The molecule has 0 aliphatic carbocycles. The predicted molar refractivity (Wildman–Crippen MR) is 98.8 cm³/mol. The second kappa shape index (κ2) is 8.08. The van der Waals surface area contributed by atoms with Crippen LogP contribution >= 0.6 is 23.2 Å². The average molecular weight is 394 g/mol. The van der Waals surface area contributed by atoms with E-state index in [-0.39, 0.29) is 24.0 Å². The Morgan fingerprint density at radius 3 is 2.65 bits per heavy atom. The van der Waals surface area contributed by atoms with Gasteiger partial charge in [0.05, 0.1) is 35.2 Å². The molecular formula is C19H17Cl2NO4. The van der Waals surface area contributed by atoms with Crippen LogP contribution in [-0.4, -0.2) is 41.6 Å². The standard InChI is InChI=1S/C19H17Cl2NO4/c20-15-6-5-13(9-16(15)21)17-11-22(7-8-26-17)18(23)10-12-3-1-2-4-14(12)19(24)25/h1-6,9,17H,7-8,10-11H2,(H,24,25). The number of hydrogen-bond donors (Lipinski definition) is 1. The summed E-state index contributed by atoms with van der Waals surface area (Å²) in [6.45, 7) is 1.25. The molecule has 1 fully saturated rings. The molecule has 2 aromatic carbocycles. The maximum absolute atomic E-state index is 12.7. The van der Waals surface area contributed by atoms with Gasteiger partial charge in [0.25, 0.3) is 0 Å². The summed E-state index contributed by atoms with van der Waals surface area (Å²) < 4.78 is 5.76. The van der Waals surface area contributed by atoms with Crippen LogP contribution in [0.1, 0.15) is 27.6 Å². The van der Waals surface area contributed by atoms with Crippen molar-refractivity contribution in [1.29, 1.82) is 0 Å². The van der Waals surface area contributed by atoms with E-state index in [0.29, 0.717) is 35.3 Å². The third-order valence-corrected chi connectivity index (χ3v) is 5.06. The summed E-state index contributed by atoms with van der Waals surface area (Å²) >= 11 is 12.0. The number of carboxylic acids is 1. The molecule has 3 rings (SSSR count). The van der Waals surface area contributed by atoms with E-state index in [1.165, 1.54) is 6.07 Å². The molecule has 0 spiro atoms. The molecule has 7 heteroatoms. The Morgan fingerprint density at radius 2 is 1.92 bits per heavy atom. The fraction of sp³-hybridized carbons (Fsp3) is 0.263. The van der Waals surface area contributed by atoms with Crippen molar-refractivity contribution >= 4 is 35.1 Å². The topological polar surface area (TPSA) is 66.8 Å². The van der Waals surface area contributed by atoms with Crippen LogP contribution in [0.5, 0.6) is 0 Å². The molecule has 5 nitrogen and oxygen atoms in total. The van der Waals surface area contributed by atoms with E-state index in [4.69, 9.17) is 27.9 Å². The zero-order chi connectivity index (χ0) is 18.7. The zero-order valence-corrected chi connectivity index (χ0v) is 15.3. The van der Waals surface area contributed by atoms with Crippen molar-refractivity contribution in [2.75, 3.05) is 19.7 Å². The third-order valence-electron chi connectivity index (χ3n) is 4.32. The first kappa shape index (κ1) is 18.7. The number of nitrogens with zero attached hydrogens (tertiary/aromatic N) is 1. The number of morpholine rings is 1. The van der Waals surface area contributed by atoms with Crippen LogP contribution in [0.15, 0.2) is 42.5 Å². The summed E-state index contributed by atoms with van der Waals surface area (Å²) in [4.78, 5) is 25.7. The van der Waals surface area contributed by atoms with Crippen molar-refractivity contribution in [3.63, 3.8) is 0 Å². The highest BCUT2D eigenvalue weighted by Crippen LogP contribution is 2.29. The highest BCUT2D eigenvalue weighted by Gasteiger charge is 2.26. The maximum Gasteiger partial charge on any atom is 0.335 e. The second-order valence-electron chi connectivity index (χ2n) is 6.01. The number of carbonyl (C=O) groups is 2. The normalized spacial score (nSPS) is 17.2. The molecule has 1 aliphatic heterocycles. The molecule has 1 N–H and O–H groups in total. The molecule has 0 saturated carbocycles. The highest BCUT2D eigenvalue weighted by atomic mass is 35.5. The molecule has 1 amide bonds. The van der Waals surface area contributed by atoms with Crippen molar-refractivity contribution in [2.24, 2.45) is 0 Å². The Bertz CT molecular complexity index is 840. The minimum Gasteiger partial charge on any atom is -0.478 e. The van der Waals surface area contributed by atoms with Gasteiger partial charge in [-0.3, -0.25) is 4.79 Å². The fourth-order valence-corrected chi connectivity index (χ4v) is 3.25. The number of ether oxygens (including phenoxy) is 1. The minimum absolute atomic E-state index is 0.0383. The molecule has 1 saturated heterocycles. The van der Waals surface area contributed by atoms with Gasteiger partial charge in [-0.1, -0.05) is 47.5 Å². The van der Waals surface area contributed by atoms with E-state index in [1.54, 1.807) is 35.2 Å². The SMILES string of the molecule is O=C(O)c1ccccc1CC(=O)N1CCOC(c2ccc(Cl)c(Cl)c2)C1. The lowest BCUT2D eigenvalue weighted by atomic mass is 10.0. The Kier molecular flexibility index (Phi) is 5.81. The van der Waals surface area contributed by atoms with Crippen molar-refractivity contribution in [3.05, 3.63) is 69.2 Å². The number of halogens is 2. The van der Waals surface area contributed by atoms with Crippen molar-refractivity contribution < 1.29 is 19.4 Å². The number of carbonyl (C=O) groups excluding carboxylic acids is 1. The van der Waals surface area contributed by atoms with Gasteiger partial charge in [-0.2, -0.15) is 0 Å². The van der Waals surface area contributed by atoms with E-state index in [1.807, 2.05) is 6.07 Å². The summed E-state index contributed by atoms with van der Waals surface area (Å²) in [6.07, 6.45) is -0.256. The van der Waals surface area contributed by atoms with Gasteiger partial charge >= 0.3 is 5.97 Å². The van der Waals surface area contributed by atoms with E-state index >= 15 is 0 Å². The zero-order valence-electron chi connectivity index (χ0n) is 13.8. The van der Waals surface area contributed by atoms with Crippen molar-refractivity contribution in [1.82, 2.24) is 4.90 Å². The minimum atomic E-state index is -1.04. The first-order chi connectivity index (χ1) is 12.5. The van der Waals surface area contributed by atoms with Crippen molar-refractivity contribution in [2.45, 2.75) is 12.5 Å². The Balaban J connectivity index is 1.72. The molecule has 2 aromatic rings. The van der Waals surface area contributed by atoms with Crippen LogP contribution in [-0.2, 0) is 16.0 Å². The molecule has 1 atom stereocenters. The van der Waals surface area contributed by atoms with Crippen LogP contribution in [0.2, 0.25) is 10.0 Å². The smallest absolute Gasteiger partial charge is 0.335 e. The maximum atomic E-state index is 12.7. The van der Waals surface area contributed by atoms with Crippen LogP contribution in [0, 0.1) is 0 Å². The lowest BCUT2D eigenvalue weighted by Crippen LogP contribution is -2.43. The van der Waals surface area contributed by atoms with E-state index in [9.17, 15) is 14.7 Å². The molecule has 1 unspecified atom stereocenters. The summed E-state index contributed by atoms with van der Waals surface area (Å²) in [5.41, 5.74) is 1.50. The second-order valence-corrected chi connectivity index (χ2v) is 6.83. The van der Waals surface area contributed by atoms with Crippen LogP contribution in [0.25, 0.3) is 0 Å². The summed E-state index contributed by atoms with van der Waals surface area (Å²) in [5, 5.41) is 10.2. The molecule has 0 aromatic heterocycles. The summed E-state index contributed by atoms with van der Waals surface area (Å²) in [6, 6.07) is 11.8. The van der Waals surface area contributed by atoms with Gasteiger partial charge in [0.15, 0.2) is 0 Å². The fourth-order valence-electron chi connectivity index (χ4n) is 2.95. The third kappa shape index (κ3) is 4.18. The van der Waals surface area contributed by atoms with Gasteiger partial charge in [0, 0.05) is 6.54 Å². The van der Waals surface area contributed by atoms with Gasteiger partial charge in [-0.15, -0.1) is 0 Å². The van der Waals surface area contributed by atoms with Gasteiger partial charge in [-0.25, -0.2) is 4.79 Å². The van der Waals surface area contributed by atoms with E-state index in [2.05, 4.69) is 0 Å². The van der Waals surface area contributed by atoms with Gasteiger partial charge in [0.1, 0.15) is 6.10 Å². The monoisotopic (exact) mass is 393 g/mol. The quantitative estimate of drug-likeness (QED) is 0.856. The van der Waals surface area contributed by atoms with Gasteiger partial charge in [0.2, 0.25) is 5.91 Å². The van der Waals surface area contributed by atoms with Crippen molar-refractivity contribution in [3.8, 4) is 0 Å². The number of benzene rings is 2. The first-order valence-electron chi connectivity index (χ1n) is 8.11. The predicted octanol–water partition coefficient (Wildman–Crippen LogP) is 3.83. The molecule has 1 aliphatic rings. The molecule has 136 valence electrons. The van der Waals surface area contributed by atoms with Crippen LogP contribution in [0.3, 0.4) is 0 Å². The first-order valence-corrected chi connectivity index (χ1v) is 8.87. The summed E-state index contributed by atoms with van der Waals surface area (Å²) in [5.74, 6) is -1.17. The molecule has 0 radical (unpaired) electrons. The Hall–Kier alpha value is -2.08. The number of aromatic carboxylic acids is 1. The molecule has 1 heterocycles. The number of rotatable bonds is 4. The van der Waals surface area contributed by atoms with Crippen LogP contribution < -0.4 is 0 Å². The van der Waals surface area contributed by atoms with E-state index < -0.39 is 5.97 Å². The number of amides is 1. The largest absolute Gasteiger partial charge is 0.478 e. The Morgan fingerprint density at radius 1 is 1.15 bits per heavy atom. The lowest BCUT2D eigenvalue weighted by Gasteiger charge is -2.33. The Labute approximate surface area is 161 Å². The lowest BCUT2D eigenvalue weighted by molar-refractivity contribution is -0.138. The average Bonchev–Trinajstić information content (AvgIpc) is 2.64. The highest BCUT2D eigenvalue weighted by molar-refractivity contribution is 6.42. The van der Waals surface area contributed by atoms with Gasteiger partial charge in [-0.05, 0) is 29.3 Å². The molecule has 0 bridgehead atoms. The molecular weight excluding hydrogens is 377 g/mol. The summed E-state index contributed by atoms with van der Waals surface area (Å²) in [7, 11) is 0. The van der Waals surface area contributed by atoms with Crippen LogP contribution in [0.4, 0.5) is 0 Å². The molecule has 26 heavy (non-hydrogen) atoms. The van der Waals surface area contributed by atoms with E-state index in [0.717, 1.165) is 5.56 Å².